The summed E-state index contributed by atoms with van der Waals surface area (Å²) in [4.78, 5) is 13.5. The van der Waals surface area contributed by atoms with Gasteiger partial charge in [-0.25, -0.2) is 4.79 Å². The highest BCUT2D eigenvalue weighted by atomic mass is 19.4. The lowest BCUT2D eigenvalue weighted by molar-refractivity contribution is -0.136. The molecule has 0 atom stereocenters. The average molecular weight is 296 g/mol. The van der Waals surface area contributed by atoms with E-state index in [9.17, 15) is 18.0 Å². The lowest BCUT2D eigenvalue weighted by atomic mass is 10.0. The number of H-pyrrole nitrogens is 1. The fraction of sp³-hybridized carbons (Fsp3) is 0.0769. The second-order valence-corrected chi connectivity index (χ2v) is 4.31. The number of rotatable bonds is 2. The third kappa shape index (κ3) is 2.14. The van der Waals surface area contributed by atoms with Gasteiger partial charge in [0.1, 0.15) is 5.69 Å². The molecule has 0 saturated carbocycles. The van der Waals surface area contributed by atoms with E-state index in [1.165, 1.54) is 18.3 Å². The second-order valence-electron chi connectivity index (χ2n) is 4.31. The number of benzene rings is 1. The predicted molar refractivity (Wildman–Crippen MR) is 65.8 cm³/mol. The van der Waals surface area contributed by atoms with Gasteiger partial charge in [0.05, 0.1) is 5.56 Å². The molecule has 2 aromatic heterocycles. The van der Waals surface area contributed by atoms with Gasteiger partial charge in [0.25, 0.3) is 0 Å². The summed E-state index contributed by atoms with van der Waals surface area (Å²) in [5, 5.41) is 12.2. The van der Waals surface area contributed by atoms with Crippen molar-refractivity contribution in [2.24, 2.45) is 0 Å². The number of alkyl halides is 3. The van der Waals surface area contributed by atoms with Gasteiger partial charge in [-0.05, 0) is 12.1 Å². The number of carbonyl (C=O) groups is 1. The van der Waals surface area contributed by atoms with Crippen LogP contribution < -0.4 is 0 Å². The third-order valence-electron chi connectivity index (χ3n) is 3.01. The zero-order valence-corrected chi connectivity index (χ0v) is 10.2. The van der Waals surface area contributed by atoms with Crippen LogP contribution in [0.1, 0.15) is 16.1 Å². The van der Waals surface area contributed by atoms with Crippen molar-refractivity contribution in [1.82, 2.24) is 10.1 Å². The molecule has 0 amide bonds. The van der Waals surface area contributed by atoms with Crippen molar-refractivity contribution in [3.8, 4) is 11.3 Å². The lowest BCUT2D eigenvalue weighted by Crippen LogP contribution is -2.05. The Morgan fingerprint density at radius 1 is 1.33 bits per heavy atom. The van der Waals surface area contributed by atoms with Gasteiger partial charge < -0.3 is 14.6 Å². The standard InChI is InChI=1S/C13H7F3N2O3/c14-13(15,16)7-2-1-3-8-11(7)6(5-17-8)9-4-10(12(19)20)21-18-9/h1-5,17H,(H,19,20). The number of hydrogen-bond acceptors (Lipinski definition) is 3. The molecule has 0 spiro atoms. The summed E-state index contributed by atoms with van der Waals surface area (Å²) in [5.74, 6) is -1.78. The number of hydrogen-bond donors (Lipinski definition) is 2. The highest BCUT2D eigenvalue weighted by Gasteiger charge is 2.34. The number of fused-ring (bicyclic) bond motifs is 1. The van der Waals surface area contributed by atoms with Crippen LogP contribution in [0.25, 0.3) is 22.2 Å². The third-order valence-corrected chi connectivity index (χ3v) is 3.01. The van der Waals surface area contributed by atoms with E-state index in [4.69, 9.17) is 5.11 Å². The summed E-state index contributed by atoms with van der Waals surface area (Å²) in [7, 11) is 0. The Hall–Kier alpha value is -2.77. The molecule has 0 bridgehead atoms. The first-order valence-corrected chi connectivity index (χ1v) is 5.75. The van der Waals surface area contributed by atoms with Crippen molar-refractivity contribution in [1.29, 1.82) is 0 Å². The quantitative estimate of drug-likeness (QED) is 0.758. The van der Waals surface area contributed by atoms with Crippen LogP contribution in [0.2, 0.25) is 0 Å². The zero-order chi connectivity index (χ0) is 15.2. The number of carboxylic acid groups (broad SMARTS) is 1. The lowest BCUT2D eigenvalue weighted by Gasteiger charge is -2.08. The molecular weight excluding hydrogens is 289 g/mol. The second kappa shape index (κ2) is 4.37. The van der Waals surface area contributed by atoms with Gasteiger partial charge in [-0.2, -0.15) is 13.2 Å². The van der Waals surface area contributed by atoms with Crippen molar-refractivity contribution in [2.45, 2.75) is 6.18 Å². The highest BCUT2D eigenvalue weighted by Crippen LogP contribution is 2.39. The SMILES string of the molecule is O=C(O)c1cc(-c2c[nH]c3cccc(C(F)(F)F)c23)no1. The Bertz CT molecular complexity index is 833. The fourth-order valence-corrected chi connectivity index (χ4v) is 2.13. The van der Waals surface area contributed by atoms with Crippen molar-refractivity contribution >= 4 is 16.9 Å². The summed E-state index contributed by atoms with van der Waals surface area (Å²) in [5.41, 5.74) is -0.389. The van der Waals surface area contributed by atoms with E-state index in [0.29, 0.717) is 0 Å². The number of nitrogens with zero attached hydrogens (tertiary/aromatic N) is 1. The maximum atomic E-state index is 13.1. The Morgan fingerprint density at radius 3 is 2.71 bits per heavy atom. The van der Waals surface area contributed by atoms with Crippen LogP contribution in [-0.2, 0) is 6.18 Å². The van der Waals surface area contributed by atoms with E-state index >= 15 is 0 Å². The van der Waals surface area contributed by atoms with Gasteiger partial charge in [-0.3, -0.25) is 0 Å². The molecule has 0 aliphatic heterocycles. The van der Waals surface area contributed by atoms with Crippen LogP contribution in [0.3, 0.4) is 0 Å². The summed E-state index contributed by atoms with van der Waals surface area (Å²) >= 11 is 0. The minimum atomic E-state index is -4.53. The fourth-order valence-electron chi connectivity index (χ4n) is 2.13. The topological polar surface area (TPSA) is 79.1 Å². The number of aromatic carboxylic acids is 1. The molecule has 8 heteroatoms. The van der Waals surface area contributed by atoms with Crippen LogP contribution >= 0.6 is 0 Å². The van der Waals surface area contributed by atoms with Crippen LogP contribution in [0.5, 0.6) is 0 Å². The maximum Gasteiger partial charge on any atom is 0.417 e. The van der Waals surface area contributed by atoms with Gasteiger partial charge in [-0.1, -0.05) is 11.2 Å². The number of carboxylic acids is 1. The van der Waals surface area contributed by atoms with Gasteiger partial charge >= 0.3 is 12.1 Å². The molecule has 108 valence electrons. The molecule has 0 aliphatic rings. The van der Waals surface area contributed by atoms with E-state index in [2.05, 4.69) is 14.7 Å². The van der Waals surface area contributed by atoms with Crippen LogP contribution in [0, 0.1) is 0 Å². The first-order valence-electron chi connectivity index (χ1n) is 5.75. The van der Waals surface area contributed by atoms with E-state index in [-0.39, 0.29) is 22.2 Å². The Kier molecular flexibility index (Phi) is 2.75. The number of halogens is 3. The smallest absolute Gasteiger partial charge is 0.417 e. The number of aromatic nitrogens is 2. The molecule has 2 N–H and O–H groups in total. The first-order chi connectivity index (χ1) is 9.88. The Morgan fingerprint density at radius 2 is 2.10 bits per heavy atom. The summed E-state index contributed by atoms with van der Waals surface area (Å²) in [6, 6.07) is 4.82. The summed E-state index contributed by atoms with van der Waals surface area (Å²) in [6.45, 7) is 0. The summed E-state index contributed by atoms with van der Waals surface area (Å²) < 4.78 is 43.8. The monoisotopic (exact) mass is 296 g/mol. The average Bonchev–Trinajstić information content (AvgIpc) is 3.03. The van der Waals surface area contributed by atoms with Crippen molar-refractivity contribution in [2.75, 3.05) is 0 Å². The van der Waals surface area contributed by atoms with E-state index in [0.717, 1.165) is 12.1 Å². The Labute approximate surface area is 115 Å². The van der Waals surface area contributed by atoms with E-state index < -0.39 is 23.5 Å². The van der Waals surface area contributed by atoms with Crippen LogP contribution in [0.15, 0.2) is 35.0 Å². The van der Waals surface area contributed by atoms with E-state index in [1.807, 2.05) is 0 Å². The van der Waals surface area contributed by atoms with Gasteiger partial charge in [0.15, 0.2) is 0 Å². The van der Waals surface area contributed by atoms with Crippen molar-refractivity contribution in [3.63, 3.8) is 0 Å². The molecule has 2 heterocycles. The van der Waals surface area contributed by atoms with Crippen LogP contribution in [0.4, 0.5) is 13.2 Å². The molecule has 0 aliphatic carbocycles. The zero-order valence-electron chi connectivity index (χ0n) is 10.2. The minimum Gasteiger partial charge on any atom is -0.475 e. The minimum absolute atomic E-state index is 0.0235. The summed E-state index contributed by atoms with van der Waals surface area (Å²) in [6.07, 6.45) is -3.20. The van der Waals surface area contributed by atoms with Gasteiger partial charge in [0.2, 0.25) is 5.76 Å². The van der Waals surface area contributed by atoms with Crippen LogP contribution in [-0.4, -0.2) is 21.2 Å². The highest BCUT2D eigenvalue weighted by molar-refractivity contribution is 5.98. The van der Waals surface area contributed by atoms with Gasteiger partial charge in [-0.15, -0.1) is 0 Å². The molecule has 3 aromatic rings. The van der Waals surface area contributed by atoms with E-state index in [1.54, 1.807) is 0 Å². The molecule has 0 saturated heterocycles. The molecule has 0 unspecified atom stereocenters. The normalized spacial score (nSPS) is 12.0. The van der Waals surface area contributed by atoms with Crippen molar-refractivity contribution in [3.05, 3.63) is 41.8 Å². The molecule has 3 rings (SSSR count). The molecule has 0 fully saturated rings. The van der Waals surface area contributed by atoms with Crippen molar-refractivity contribution < 1.29 is 27.6 Å². The molecule has 1 aromatic carbocycles. The Balaban J connectivity index is 2.25. The largest absolute Gasteiger partial charge is 0.475 e. The number of aromatic amines is 1. The number of nitrogens with one attached hydrogen (secondary N) is 1. The molecule has 21 heavy (non-hydrogen) atoms. The van der Waals surface area contributed by atoms with Gasteiger partial charge in [0, 0.05) is 28.7 Å². The maximum absolute atomic E-state index is 13.1. The molecule has 5 nitrogen and oxygen atoms in total. The predicted octanol–water partition coefficient (Wildman–Crippen LogP) is 3.54. The molecular formula is C13H7F3N2O3. The first kappa shape index (κ1) is 13.2. The molecule has 0 radical (unpaired) electrons.